The summed E-state index contributed by atoms with van der Waals surface area (Å²) in [5.74, 6) is 1.64. The summed E-state index contributed by atoms with van der Waals surface area (Å²) in [6.45, 7) is 2.87. The third-order valence-corrected chi connectivity index (χ3v) is 2.85. The van der Waals surface area contributed by atoms with Crippen molar-refractivity contribution in [2.75, 3.05) is 18.6 Å². The molecule has 1 heterocycles. The molecule has 2 atom stereocenters. The van der Waals surface area contributed by atoms with Crippen molar-refractivity contribution in [1.82, 2.24) is 5.32 Å². The van der Waals surface area contributed by atoms with E-state index in [1.165, 1.54) is 0 Å². The highest BCUT2D eigenvalue weighted by Crippen LogP contribution is 2.15. The number of hydrogen-bond donors (Lipinski definition) is 1. The van der Waals surface area contributed by atoms with Crippen LogP contribution in [-0.2, 0) is 10.8 Å². The van der Waals surface area contributed by atoms with E-state index in [4.69, 9.17) is 4.42 Å². The Morgan fingerprint density at radius 2 is 2.43 bits per heavy atom. The van der Waals surface area contributed by atoms with Crippen molar-refractivity contribution in [2.24, 2.45) is 0 Å². The fraction of sp³-hybridized carbons (Fsp3) is 0.600. The van der Waals surface area contributed by atoms with Gasteiger partial charge < -0.3 is 9.73 Å². The molecule has 0 aliphatic carbocycles. The Hall–Kier alpha value is -0.610. The standard InChI is InChI=1S/C10H17NO2S/c1-3-9(10-5-4-7-13-10)11-6-8-14(2)12/h4-5,7,9,11H,3,6,8H2,1-2H3. The predicted molar refractivity (Wildman–Crippen MR) is 58.7 cm³/mol. The number of nitrogens with one attached hydrogen (secondary N) is 1. The molecule has 0 amide bonds. The molecule has 2 unspecified atom stereocenters. The van der Waals surface area contributed by atoms with Crippen LogP contribution in [0, 0.1) is 0 Å². The molecular formula is C10H17NO2S. The van der Waals surface area contributed by atoms with Crippen molar-refractivity contribution in [3.63, 3.8) is 0 Å². The van der Waals surface area contributed by atoms with Gasteiger partial charge in [-0.1, -0.05) is 6.92 Å². The van der Waals surface area contributed by atoms with Crippen LogP contribution >= 0.6 is 0 Å². The van der Waals surface area contributed by atoms with Crippen LogP contribution in [0.5, 0.6) is 0 Å². The molecule has 0 spiro atoms. The van der Waals surface area contributed by atoms with Gasteiger partial charge in [0.05, 0.1) is 12.3 Å². The number of furan rings is 1. The summed E-state index contributed by atoms with van der Waals surface area (Å²) in [5, 5.41) is 3.32. The van der Waals surface area contributed by atoms with Crippen LogP contribution in [0.25, 0.3) is 0 Å². The van der Waals surface area contributed by atoms with E-state index in [1.807, 2.05) is 12.1 Å². The SMILES string of the molecule is CCC(NCCS(C)=O)c1ccco1. The third kappa shape index (κ3) is 3.64. The molecule has 0 saturated carbocycles. The number of hydrogen-bond acceptors (Lipinski definition) is 3. The first-order valence-corrected chi connectivity index (χ1v) is 6.53. The zero-order chi connectivity index (χ0) is 10.4. The summed E-state index contributed by atoms with van der Waals surface area (Å²) in [6.07, 6.45) is 4.37. The molecule has 0 fully saturated rings. The van der Waals surface area contributed by atoms with Crippen LogP contribution in [0.15, 0.2) is 22.8 Å². The molecule has 0 radical (unpaired) electrons. The lowest BCUT2D eigenvalue weighted by Crippen LogP contribution is -2.24. The lowest BCUT2D eigenvalue weighted by molar-refractivity contribution is 0.411. The maximum Gasteiger partial charge on any atom is 0.120 e. The zero-order valence-electron chi connectivity index (χ0n) is 8.66. The lowest BCUT2D eigenvalue weighted by atomic mass is 10.2. The number of rotatable bonds is 6. The van der Waals surface area contributed by atoms with Gasteiger partial charge in [0.15, 0.2) is 0 Å². The summed E-state index contributed by atoms with van der Waals surface area (Å²) in [7, 11) is -0.724. The van der Waals surface area contributed by atoms with E-state index in [9.17, 15) is 4.21 Å². The molecule has 1 aromatic rings. The summed E-state index contributed by atoms with van der Waals surface area (Å²) < 4.78 is 16.2. The molecule has 0 saturated heterocycles. The van der Waals surface area contributed by atoms with Gasteiger partial charge in [-0.25, -0.2) is 0 Å². The van der Waals surface area contributed by atoms with Gasteiger partial charge in [-0.3, -0.25) is 4.21 Å². The Bertz CT molecular complexity index is 272. The minimum absolute atomic E-state index is 0.244. The molecule has 0 aromatic carbocycles. The summed E-state index contributed by atoms with van der Waals surface area (Å²) >= 11 is 0. The molecule has 14 heavy (non-hydrogen) atoms. The van der Waals surface area contributed by atoms with Crippen molar-refractivity contribution in [3.8, 4) is 0 Å². The Labute approximate surface area is 87.3 Å². The molecule has 1 rings (SSSR count). The van der Waals surface area contributed by atoms with E-state index in [0.717, 1.165) is 18.7 Å². The second-order valence-corrected chi connectivity index (χ2v) is 4.76. The molecule has 0 bridgehead atoms. The van der Waals surface area contributed by atoms with Crippen LogP contribution in [-0.4, -0.2) is 22.8 Å². The maximum absolute atomic E-state index is 10.8. The van der Waals surface area contributed by atoms with Gasteiger partial charge >= 0.3 is 0 Å². The molecule has 80 valence electrons. The Kier molecular flexibility index (Phi) is 4.90. The van der Waals surface area contributed by atoms with Gasteiger partial charge in [0.2, 0.25) is 0 Å². The van der Waals surface area contributed by atoms with Crippen LogP contribution in [0.4, 0.5) is 0 Å². The largest absolute Gasteiger partial charge is 0.468 e. The fourth-order valence-electron chi connectivity index (χ4n) is 1.31. The van der Waals surface area contributed by atoms with E-state index >= 15 is 0 Å². The molecular weight excluding hydrogens is 198 g/mol. The first-order valence-electron chi connectivity index (χ1n) is 4.81. The fourth-order valence-corrected chi connectivity index (χ4v) is 1.72. The van der Waals surface area contributed by atoms with Gasteiger partial charge in [0.1, 0.15) is 5.76 Å². The normalized spacial score (nSPS) is 15.3. The first-order chi connectivity index (χ1) is 6.74. The molecule has 0 aliphatic rings. The first kappa shape index (κ1) is 11.5. The Morgan fingerprint density at radius 3 is 2.93 bits per heavy atom. The average Bonchev–Trinajstić information content (AvgIpc) is 2.64. The predicted octanol–water partition coefficient (Wildman–Crippen LogP) is 1.70. The lowest BCUT2D eigenvalue weighted by Gasteiger charge is -2.13. The monoisotopic (exact) mass is 215 g/mol. The Balaban J connectivity index is 2.36. The van der Waals surface area contributed by atoms with E-state index < -0.39 is 10.8 Å². The van der Waals surface area contributed by atoms with Crippen molar-refractivity contribution in [3.05, 3.63) is 24.2 Å². The maximum atomic E-state index is 10.8. The Morgan fingerprint density at radius 1 is 1.64 bits per heavy atom. The quantitative estimate of drug-likeness (QED) is 0.785. The second-order valence-electron chi connectivity index (χ2n) is 3.21. The van der Waals surface area contributed by atoms with Gasteiger partial charge in [0, 0.05) is 29.4 Å². The smallest absolute Gasteiger partial charge is 0.120 e. The molecule has 1 aromatic heterocycles. The van der Waals surface area contributed by atoms with Crippen LogP contribution < -0.4 is 5.32 Å². The van der Waals surface area contributed by atoms with Crippen molar-refractivity contribution in [1.29, 1.82) is 0 Å². The van der Waals surface area contributed by atoms with E-state index in [0.29, 0.717) is 5.75 Å². The third-order valence-electron chi connectivity index (χ3n) is 2.08. The summed E-state index contributed by atoms with van der Waals surface area (Å²) in [5.41, 5.74) is 0. The van der Waals surface area contributed by atoms with Gasteiger partial charge in [0.25, 0.3) is 0 Å². The molecule has 3 nitrogen and oxygen atoms in total. The van der Waals surface area contributed by atoms with Gasteiger partial charge in [-0.05, 0) is 18.6 Å². The van der Waals surface area contributed by atoms with Crippen LogP contribution in [0.2, 0.25) is 0 Å². The van der Waals surface area contributed by atoms with Crippen LogP contribution in [0.1, 0.15) is 25.1 Å². The summed E-state index contributed by atoms with van der Waals surface area (Å²) in [6, 6.07) is 4.09. The van der Waals surface area contributed by atoms with Crippen molar-refractivity contribution >= 4 is 10.8 Å². The van der Waals surface area contributed by atoms with Gasteiger partial charge in [-0.2, -0.15) is 0 Å². The minimum atomic E-state index is -0.724. The highest BCUT2D eigenvalue weighted by atomic mass is 32.2. The molecule has 4 heteroatoms. The van der Waals surface area contributed by atoms with Crippen molar-refractivity contribution < 1.29 is 8.63 Å². The van der Waals surface area contributed by atoms with E-state index in [-0.39, 0.29) is 6.04 Å². The van der Waals surface area contributed by atoms with Crippen molar-refractivity contribution in [2.45, 2.75) is 19.4 Å². The molecule has 0 aliphatic heterocycles. The summed E-state index contributed by atoms with van der Waals surface area (Å²) in [4.78, 5) is 0. The van der Waals surface area contributed by atoms with Gasteiger partial charge in [-0.15, -0.1) is 0 Å². The highest BCUT2D eigenvalue weighted by molar-refractivity contribution is 7.84. The topological polar surface area (TPSA) is 42.2 Å². The second kappa shape index (κ2) is 5.98. The molecule has 1 N–H and O–H groups in total. The van der Waals surface area contributed by atoms with E-state index in [2.05, 4.69) is 12.2 Å². The zero-order valence-corrected chi connectivity index (χ0v) is 9.47. The van der Waals surface area contributed by atoms with Crippen LogP contribution in [0.3, 0.4) is 0 Å². The minimum Gasteiger partial charge on any atom is -0.468 e. The average molecular weight is 215 g/mol. The van der Waals surface area contributed by atoms with E-state index in [1.54, 1.807) is 12.5 Å². The highest BCUT2D eigenvalue weighted by Gasteiger charge is 2.10.